The van der Waals surface area contributed by atoms with Gasteiger partial charge >= 0.3 is 11.9 Å². The summed E-state index contributed by atoms with van der Waals surface area (Å²) in [6.07, 6.45) is 1.37. The molecular formula is C9H14O5. The Labute approximate surface area is 82.3 Å². The van der Waals surface area contributed by atoms with Crippen LogP contribution in [0.1, 0.15) is 26.7 Å². The SMILES string of the molecule is CC(=O)OCC1(OC(C)=O)CCCO1. The quantitative estimate of drug-likeness (QED) is 0.628. The Morgan fingerprint density at radius 1 is 1.36 bits per heavy atom. The molecule has 0 saturated carbocycles. The topological polar surface area (TPSA) is 61.8 Å². The van der Waals surface area contributed by atoms with Crippen molar-refractivity contribution in [1.29, 1.82) is 0 Å². The molecule has 1 saturated heterocycles. The molecule has 1 atom stereocenters. The number of rotatable bonds is 3. The molecule has 0 N–H and O–H groups in total. The molecule has 0 aromatic rings. The highest BCUT2D eigenvalue weighted by Crippen LogP contribution is 2.27. The van der Waals surface area contributed by atoms with Crippen molar-refractivity contribution in [3.8, 4) is 0 Å². The van der Waals surface area contributed by atoms with Crippen LogP contribution in [0.2, 0.25) is 0 Å². The van der Waals surface area contributed by atoms with Gasteiger partial charge in [0.25, 0.3) is 0 Å². The molecule has 80 valence electrons. The fourth-order valence-electron chi connectivity index (χ4n) is 1.37. The summed E-state index contributed by atoms with van der Waals surface area (Å²) in [6, 6.07) is 0. The number of carbonyl (C=O) groups is 2. The van der Waals surface area contributed by atoms with Gasteiger partial charge in [-0.1, -0.05) is 0 Å². The Hall–Kier alpha value is -1.10. The van der Waals surface area contributed by atoms with E-state index in [2.05, 4.69) is 0 Å². The lowest BCUT2D eigenvalue weighted by molar-refractivity contribution is -0.230. The van der Waals surface area contributed by atoms with Crippen LogP contribution in [-0.2, 0) is 23.8 Å². The summed E-state index contributed by atoms with van der Waals surface area (Å²) in [5, 5.41) is 0. The fourth-order valence-corrected chi connectivity index (χ4v) is 1.37. The van der Waals surface area contributed by atoms with Gasteiger partial charge in [0.05, 0.1) is 6.61 Å². The van der Waals surface area contributed by atoms with Crippen LogP contribution in [0, 0.1) is 0 Å². The van der Waals surface area contributed by atoms with Crippen molar-refractivity contribution < 1.29 is 23.8 Å². The molecule has 1 aliphatic rings. The number of hydrogen-bond acceptors (Lipinski definition) is 5. The maximum atomic E-state index is 10.8. The van der Waals surface area contributed by atoms with Crippen LogP contribution >= 0.6 is 0 Å². The highest BCUT2D eigenvalue weighted by molar-refractivity contribution is 5.67. The Balaban J connectivity index is 2.52. The first-order valence-corrected chi connectivity index (χ1v) is 4.51. The van der Waals surface area contributed by atoms with Crippen LogP contribution in [0.5, 0.6) is 0 Å². The zero-order valence-electron chi connectivity index (χ0n) is 8.37. The molecule has 0 radical (unpaired) electrons. The van der Waals surface area contributed by atoms with E-state index < -0.39 is 17.7 Å². The Bertz CT molecular complexity index is 229. The van der Waals surface area contributed by atoms with E-state index in [9.17, 15) is 9.59 Å². The first-order chi connectivity index (χ1) is 6.54. The summed E-state index contributed by atoms with van der Waals surface area (Å²) >= 11 is 0. The third-order valence-electron chi connectivity index (χ3n) is 1.89. The summed E-state index contributed by atoms with van der Waals surface area (Å²) < 4.78 is 15.1. The van der Waals surface area contributed by atoms with Gasteiger partial charge in [0.15, 0.2) is 6.61 Å². The van der Waals surface area contributed by atoms with E-state index in [4.69, 9.17) is 14.2 Å². The number of ether oxygens (including phenoxy) is 3. The molecule has 0 bridgehead atoms. The lowest BCUT2D eigenvalue weighted by atomic mass is 10.2. The fraction of sp³-hybridized carbons (Fsp3) is 0.778. The first-order valence-electron chi connectivity index (χ1n) is 4.51. The Morgan fingerprint density at radius 2 is 2.07 bits per heavy atom. The predicted molar refractivity (Wildman–Crippen MR) is 46.3 cm³/mol. The van der Waals surface area contributed by atoms with Gasteiger partial charge in [0.2, 0.25) is 5.79 Å². The van der Waals surface area contributed by atoms with E-state index in [-0.39, 0.29) is 6.61 Å². The van der Waals surface area contributed by atoms with Gasteiger partial charge in [-0.15, -0.1) is 0 Å². The van der Waals surface area contributed by atoms with Crippen molar-refractivity contribution in [3.05, 3.63) is 0 Å². The molecule has 0 aliphatic carbocycles. The largest absolute Gasteiger partial charge is 0.459 e. The molecule has 1 aliphatic heterocycles. The summed E-state index contributed by atoms with van der Waals surface area (Å²) in [5.41, 5.74) is 0. The van der Waals surface area contributed by atoms with Gasteiger partial charge in [-0.2, -0.15) is 0 Å². The van der Waals surface area contributed by atoms with Crippen LogP contribution in [0.4, 0.5) is 0 Å². The first kappa shape index (κ1) is 11.0. The van der Waals surface area contributed by atoms with E-state index in [0.717, 1.165) is 6.42 Å². The average molecular weight is 202 g/mol. The minimum absolute atomic E-state index is 0.0259. The van der Waals surface area contributed by atoms with E-state index in [0.29, 0.717) is 13.0 Å². The molecule has 0 spiro atoms. The maximum Gasteiger partial charge on any atom is 0.305 e. The minimum atomic E-state index is -1.04. The van der Waals surface area contributed by atoms with Gasteiger partial charge in [-0.3, -0.25) is 9.59 Å². The van der Waals surface area contributed by atoms with Crippen LogP contribution in [0.3, 0.4) is 0 Å². The van der Waals surface area contributed by atoms with Crippen LogP contribution in [0.15, 0.2) is 0 Å². The summed E-state index contributed by atoms with van der Waals surface area (Å²) in [4.78, 5) is 21.4. The Morgan fingerprint density at radius 3 is 2.50 bits per heavy atom. The molecular weight excluding hydrogens is 188 g/mol. The van der Waals surface area contributed by atoms with Gasteiger partial charge in [0, 0.05) is 20.3 Å². The van der Waals surface area contributed by atoms with E-state index in [1.54, 1.807) is 0 Å². The Kier molecular flexibility index (Phi) is 3.46. The second-order valence-electron chi connectivity index (χ2n) is 3.24. The third-order valence-corrected chi connectivity index (χ3v) is 1.89. The van der Waals surface area contributed by atoms with Crippen molar-refractivity contribution in [2.24, 2.45) is 0 Å². The standard InChI is InChI=1S/C9H14O5/c1-7(10)12-6-9(14-8(2)11)4-3-5-13-9/h3-6H2,1-2H3. The molecule has 0 aromatic carbocycles. The van der Waals surface area contributed by atoms with Crippen molar-refractivity contribution in [2.75, 3.05) is 13.2 Å². The van der Waals surface area contributed by atoms with Gasteiger partial charge in [-0.25, -0.2) is 0 Å². The van der Waals surface area contributed by atoms with E-state index >= 15 is 0 Å². The lowest BCUT2D eigenvalue weighted by Crippen LogP contribution is -2.39. The summed E-state index contributed by atoms with van der Waals surface area (Å²) in [5.74, 6) is -1.89. The van der Waals surface area contributed by atoms with Crippen LogP contribution < -0.4 is 0 Å². The normalized spacial score (nSPS) is 25.9. The van der Waals surface area contributed by atoms with Crippen molar-refractivity contribution in [1.82, 2.24) is 0 Å². The van der Waals surface area contributed by atoms with Crippen LogP contribution in [-0.4, -0.2) is 30.9 Å². The molecule has 1 rings (SSSR count). The van der Waals surface area contributed by atoms with E-state index in [1.807, 2.05) is 0 Å². The van der Waals surface area contributed by atoms with Crippen LogP contribution in [0.25, 0.3) is 0 Å². The molecule has 1 heterocycles. The van der Waals surface area contributed by atoms with Gasteiger partial charge in [-0.05, 0) is 6.42 Å². The van der Waals surface area contributed by atoms with Crippen molar-refractivity contribution in [2.45, 2.75) is 32.5 Å². The molecule has 5 nitrogen and oxygen atoms in total. The maximum absolute atomic E-state index is 10.8. The summed E-state index contributed by atoms with van der Waals surface area (Å²) in [7, 11) is 0. The number of esters is 2. The smallest absolute Gasteiger partial charge is 0.305 e. The van der Waals surface area contributed by atoms with Gasteiger partial charge in [0.1, 0.15) is 0 Å². The predicted octanol–water partition coefficient (Wildman–Crippen LogP) is 0.619. The molecule has 1 unspecified atom stereocenters. The number of carbonyl (C=O) groups excluding carboxylic acids is 2. The zero-order chi connectivity index (χ0) is 10.6. The summed E-state index contributed by atoms with van der Waals surface area (Å²) in [6.45, 7) is 3.10. The van der Waals surface area contributed by atoms with Crippen molar-refractivity contribution in [3.63, 3.8) is 0 Å². The number of hydrogen-bond donors (Lipinski definition) is 0. The zero-order valence-corrected chi connectivity index (χ0v) is 8.37. The molecule has 0 amide bonds. The highest BCUT2D eigenvalue weighted by atomic mass is 16.7. The average Bonchev–Trinajstić information content (AvgIpc) is 2.49. The monoisotopic (exact) mass is 202 g/mol. The minimum Gasteiger partial charge on any atom is -0.459 e. The van der Waals surface area contributed by atoms with Crippen molar-refractivity contribution >= 4 is 11.9 Å². The highest BCUT2D eigenvalue weighted by Gasteiger charge is 2.39. The van der Waals surface area contributed by atoms with E-state index in [1.165, 1.54) is 13.8 Å². The molecule has 0 aromatic heterocycles. The molecule has 14 heavy (non-hydrogen) atoms. The molecule has 5 heteroatoms. The second kappa shape index (κ2) is 4.41. The second-order valence-corrected chi connectivity index (χ2v) is 3.24. The third kappa shape index (κ3) is 2.99. The lowest BCUT2D eigenvalue weighted by Gasteiger charge is -2.26. The van der Waals surface area contributed by atoms with Gasteiger partial charge < -0.3 is 14.2 Å². The molecule has 1 fully saturated rings.